The number of nitrogens with zero attached hydrogens (tertiary/aromatic N) is 1. The van der Waals surface area contributed by atoms with Crippen molar-refractivity contribution in [3.63, 3.8) is 0 Å². The van der Waals surface area contributed by atoms with E-state index in [1.54, 1.807) is 26.0 Å². The smallest absolute Gasteiger partial charge is 0.324 e. The fourth-order valence-electron chi connectivity index (χ4n) is 2.33. The summed E-state index contributed by atoms with van der Waals surface area (Å²) in [6.07, 6.45) is 0. The van der Waals surface area contributed by atoms with Crippen molar-refractivity contribution in [3.8, 4) is 0 Å². The van der Waals surface area contributed by atoms with Crippen LogP contribution in [0.15, 0.2) is 41.3 Å². The molecule has 0 atom stereocenters. The van der Waals surface area contributed by atoms with Crippen LogP contribution in [0.5, 0.6) is 0 Å². The van der Waals surface area contributed by atoms with Gasteiger partial charge in [-0.25, -0.2) is 8.42 Å². The number of carboxylic acids is 1. The van der Waals surface area contributed by atoms with Gasteiger partial charge in [0.2, 0.25) is 0 Å². The van der Waals surface area contributed by atoms with Crippen molar-refractivity contribution in [1.82, 2.24) is 0 Å². The van der Waals surface area contributed by atoms with Crippen LogP contribution in [0, 0.1) is 13.8 Å². The molecule has 1 N–H and O–H groups in total. The highest BCUT2D eigenvalue weighted by molar-refractivity contribution is 7.93. The summed E-state index contributed by atoms with van der Waals surface area (Å²) in [5.41, 5.74) is 1.88. The van der Waals surface area contributed by atoms with Crippen LogP contribution in [-0.4, -0.2) is 26.0 Å². The Morgan fingerprint density at radius 1 is 1.08 bits per heavy atom. The first-order chi connectivity index (χ1) is 11.1. The number of rotatable bonds is 5. The zero-order valence-electron chi connectivity index (χ0n) is 13.0. The molecule has 0 aromatic heterocycles. The first kappa shape index (κ1) is 18.6. The Morgan fingerprint density at radius 3 is 2.21 bits per heavy atom. The molecule has 0 bridgehead atoms. The highest BCUT2D eigenvalue weighted by atomic mass is 35.5. The predicted octanol–water partition coefficient (Wildman–Crippen LogP) is 3.89. The molecule has 0 spiro atoms. The van der Waals surface area contributed by atoms with E-state index in [9.17, 15) is 13.2 Å². The minimum Gasteiger partial charge on any atom is -0.480 e. The number of carboxylic acid groups (broad SMARTS) is 1. The Bertz CT molecular complexity index is 877. The van der Waals surface area contributed by atoms with Crippen LogP contribution in [0.25, 0.3) is 0 Å². The number of sulfonamides is 1. The third kappa shape index (κ3) is 4.01. The molecular weight excluding hydrogens is 373 g/mol. The molecule has 0 saturated carbocycles. The molecule has 2 aromatic carbocycles. The lowest BCUT2D eigenvalue weighted by Crippen LogP contribution is -2.36. The molecule has 8 heteroatoms. The Morgan fingerprint density at radius 2 is 1.67 bits per heavy atom. The third-order valence-electron chi connectivity index (χ3n) is 3.23. The fourth-order valence-corrected chi connectivity index (χ4v) is 4.46. The maximum atomic E-state index is 13.0. The van der Waals surface area contributed by atoms with E-state index in [1.807, 2.05) is 6.07 Å². The average molecular weight is 388 g/mol. The quantitative estimate of drug-likeness (QED) is 0.843. The standard InChI is InChI=1S/C16H15Cl2NO4S/c1-10-5-11(2)7-13(6-10)19(9-16(20)21)24(22,23)15-8-12(17)3-4-14(15)18/h3-8H,9H2,1-2H3,(H,20,21). The first-order valence-corrected chi connectivity index (χ1v) is 9.09. The molecule has 0 radical (unpaired) electrons. The fraction of sp³-hybridized carbons (Fsp3) is 0.188. The highest BCUT2D eigenvalue weighted by Crippen LogP contribution is 2.31. The molecule has 0 saturated heterocycles. The Labute approximate surface area is 150 Å². The normalized spacial score (nSPS) is 11.3. The Kier molecular flexibility index (Phi) is 5.42. The summed E-state index contributed by atoms with van der Waals surface area (Å²) in [6.45, 7) is 2.87. The Balaban J connectivity index is 2.66. The lowest BCUT2D eigenvalue weighted by Gasteiger charge is -2.24. The summed E-state index contributed by atoms with van der Waals surface area (Å²) in [6, 6.07) is 9.09. The van der Waals surface area contributed by atoms with Gasteiger partial charge in [0.25, 0.3) is 10.0 Å². The molecule has 0 aliphatic heterocycles. The van der Waals surface area contributed by atoms with E-state index in [-0.39, 0.29) is 20.6 Å². The van der Waals surface area contributed by atoms with Crippen molar-refractivity contribution < 1.29 is 18.3 Å². The van der Waals surface area contributed by atoms with E-state index >= 15 is 0 Å². The van der Waals surface area contributed by atoms with Gasteiger partial charge in [0.05, 0.1) is 10.7 Å². The van der Waals surface area contributed by atoms with Gasteiger partial charge in [-0.3, -0.25) is 9.10 Å². The summed E-state index contributed by atoms with van der Waals surface area (Å²) in [5, 5.41) is 9.31. The largest absolute Gasteiger partial charge is 0.480 e. The number of benzene rings is 2. The number of carbonyl (C=O) groups is 1. The maximum Gasteiger partial charge on any atom is 0.324 e. The van der Waals surface area contributed by atoms with Gasteiger partial charge in [0.1, 0.15) is 11.4 Å². The SMILES string of the molecule is Cc1cc(C)cc(N(CC(=O)O)S(=O)(=O)c2cc(Cl)ccc2Cl)c1. The summed E-state index contributed by atoms with van der Waals surface area (Å²) in [4.78, 5) is 11.0. The molecule has 0 heterocycles. The number of anilines is 1. The maximum absolute atomic E-state index is 13.0. The summed E-state index contributed by atoms with van der Waals surface area (Å²) >= 11 is 11.9. The number of hydrogen-bond acceptors (Lipinski definition) is 3. The zero-order chi connectivity index (χ0) is 18.1. The summed E-state index contributed by atoms with van der Waals surface area (Å²) < 4.78 is 26.8. The topological polar surface area (TPSA) is 74.7 Å². The van der Waals surface area contributed by atoms with Gasteiger partial charge in [0, 0.05) is 5.02 Å². The van der Waals surface area contributed by atoms with Crippen LogP contribution in [0.4, 0.5) is 5.69 Å². The first-order valence-electron chi connectivity index (χ1n) is 6.89. The van der Waals surface area contributed by atoms with Gasteiger partial charge in [0.15, 0.2) is 0 Å². The number of halogens is 2. The average Bonchev–Trinajstić information content (AvgIpc) is 2.45. The van der Waals surface area contributed by atoms with Crippen molar-refractivity contribution in [1.29, 1.82) is 0 Å². The number of aliphatic carboxylic acids is 1. The van der Waals surface area contributed by atoms with E-state index in [0.717, 1.165) is 15.4 Å². The minimum absolute atomic E-state index is 0.0286. The molecule has 0 aliphatic carbocycles. The van der Waals surface area contributed by atoms with Gasteiger partial charge < -0.3 is 5.11 Å². The van der Waals surface area contributed by atoms with Crippen LogP contribution >= 0.6 is 23.2 Å². The molecule has 24 heavy (non-hydrogen) atoms. The van der Waals surface area contributed by atoms with E-state index in [4.69, 9.17) is 28.3 Å². The van der Waals surface area contributed by atoms with Gasteiger partial charge in [-0.2, -0.15) is 0 Å². The highest BCUT2D eigenvalue weighted by Gasteiger charge is 2.29. The third-order valence-corrected chi connectivity index (χ3v) is 5.73. The van der Waals surface area contributed by atoms with Crippen molar-refractivity contribution in [2.24, 2.45) is 0 Å². The van der Waals surface area contributed by atoms with Gasteiger partial charge in [-0.15, -0.1) is 0 Å². The predicted molar refractivity (Wildman–Crippen MR) is 94.5 cm³/mol. The molecule has 0 fully saturated rings. The lowest BCUT2D eigenvalue weighted by atomic mass is 10.1. The lowest BCUT2D eigenvalue weighted by molar-refractivity contribution is -0.135. The second kappa shape index (κ2) is 7.01. The van der Waals surface area contributed by atoms with Crippen molar-refractivity contribution in [2.45, 2.75) is 18.7 Å². The summed E-state index contributed by atoms with van der Waals surface area (Å²) in [5.74, 6) is -1.28. The zero-order valence-corrected chi connectivity index (χ0v) is 15.3. The molecule has 0 aliphatic rings. The molecule has 128 valence electrons. The van der Waals surface area contributed by atoms with Gasteiger partial charge in [-0.1, -0.05) is 29.3 Å². The molecular formula is C16H15Cl2NO4S. The van der Waals surface area contributed by atoms with E-state index in [2.05, 4.69) is 0 Å². The van der Waals surface area contributed by atoms with E-state index in [0.29, 0.717) is 0 Å². The van der Waals surface area contributed by atoms with E-state index in [1.165, 1.54) is 18.2 Å². The number of hydrogen-bond donors (Lipinski definition) is 1. The van der Waals surface area contributed by atoms with Crippen molar-refractivity contribution in [3.05, 3.63) is 57.6 Å². The summed E-state index contributed by atoms with van der Waals surface area (Å²) in [7, 11) is -4.20. The molecule has 0 unspecified atom stereocenters. The second-order valence-corrected chi connectivity index (χ2v) is 8.00. The second-order valence-electron chi connectivity index (χ2n) is 5.33. The van der Waals surface area contributed by atoms with Crippen LogP contribution in [0.2, 0.25) is 10.0 Å². The van der Waals surface area contributed by atoms with Crippen LogP contribution in [-0.2, 0) is 14.8 Å². The van der Waals surface area contributed by atoms with Crippen LogP contribution in [0.3, 0.4) is 0 Å². The minimum atomic E-state index is -4.20. The van der Waals surface area contributed by atoms with Crippen molar-refractivity contribution >= 4 is 44.9 Å². The van der Waals surface area contributed by atoms with Crippen LogP contribution < -0.4 is 4.31 Å². The monoisotopic (exact) mass is 387 g/mol. The van der Waals surface area contributed by atoms with Crippen molar-refractivity contribution in [2.75, 3.05) is 10.8 Å². The Hall–Kier alpha value is -1.76. The van der Waals surface area contributed by atoms with Gasteiger partial charge >= 0.3 is 5.97 Å². The number of aryl methyl sites for hydroxylation is 2. The van der Waals surface area contributed by atoms with Crippen LogP contribution in [0.1, 0.15) is 11.1 Å². The molecule has 2 rings (SSSR count). The molecule has 0 amide bonds. The molecule has 2 aromatic rings. The molecule has 5 nitrogen and oxygen atoms in total. The van der Waals surface area contributed by atoms with E-state index < -0.39 is 22.5 Å². The van der Waals surface area contributed by atoms with Gasteiger partial charge in [-0.05, 0) is 55.3 Å².